The van der Waals surface area contributed by atoms with Crippen molar-refractivity contribution in [3.63, 3.8) is 0 Å². The molecule has 2 atom stereocenters. The normalized spacial score (nSPS) is 26.3. The van der Waals surface area contributed by atoms with E-state index in [9.17, 15) is 0 Å². The van der Waals surface area contributed by atoms with Gasteiger partial charge in [0, 0.05) is 20.1 Å². The van der Waals surface area contributed by atoms with Gasteiger partial charge in [-0.15, -0.1) is 5.10 Å². The van der Waals surface area contributed by atoms with Gasteiger partial charge in [-0.2, -0.15) is 0 Å². The number of nitrogens with one attached hydrogen (secondary N) is 1. The maximum Gasteiger partial charge on any atom is 0.168 e. The molecule has 7 heteroatoms. The van der Waals surface area contributed by atoms with Gasteiger partial charge in [0.2, 0.25) is 0 Å². The molecule has 1 fully saturated rings. The van der Waals surface area contributed by atoms with Crippen LogP contribution >= 0.6 is 0 Å². The Morgan fingerprint density at radius 3 is 3.06 bits per heavy atom. The van der Waals surface area contributed by atoms with Crippen molar-refractivity contribution >= 4 is 0 Å². The molecule has 0 aliphatic carbocycles. The molecular formula is C10H19N5O2. The first kappa shape index (κ1) is 12.4. The van der Waals surface area contributed by atoms with Crippen LogP contribution in [-0.2, 0) is 16.0 Å². The molecule has 1 aliphatic rings. The molecule has 1 aromatic rings. The minimum atomic E-state index is -0.294. The molecule has 1 aromatic heterocycles. The quantitative estimate of drug-likeness (QED) is 0.767. The summed E-state index contributed by atoms with van der Waals surface area (Å²) in [7, 11) is 3.59. The van der Waals surface area contributed by atoms with E-state index in [2.05, 4.69) is 20.8 Å². The molecule has 0 aromatic carbocycles. The van der Waals surface area contributed by atoms with Gasteiger partial charge in [0.25, 0.3) is 0 Å². The summed E-state index contributed by atoms with van der Waals surface area (Å²) >= 11 is 0. The summed E-state index contributed by atoms with van der Waals surface area (Å²) in [4.78, 5) is 0. The molecule has 0 saturated carbocycles. The highest BCUT2D eigenvalue weighted by atomic mass is 16.5. The predicted octanol–water partition coefficient (Wildman–Crippen LogP) is -0.241. The lowest BCUT2D eigenvalue weighted by atomic mass is 10.0. The van der Waals surface area contributed by atoms with Crippen LogP contribution in [-0.4, -0.2) is 53.2 Å². The van der Waals surface area contributed by atoms with E-state index in [1.54, 1.807) is 11.8 Å². The van der Waals surface area contributed by atoms with Crippen LogP contribution in [0.15, 0.2) is 0 Å². The summed E-state index contributed by atoms with van der Waals surface area (Å²) < 4.78 is 12.8. The molecule has 1 aliphatic heterocycles. The fourth-order valence-corrected chi connectivity index (χ4v) is 1.98. The molecular weight excluding hydrogens is 222 g/mol. The number of ether oxygens (including phenoxy) is 2. The molecule has 17 heavy (non-hydrogen) atoms. The lowest BCUT2D eigenvalue weighted by molar-refractivity contribution is -0.0328. The Labute approximate surface area is 100 Å². The van der Waals surface area contributed by atoms with Gasteiger partial charge in [-0.05, 0) is 24.4 Å². The zero-order chi connectivity index (χ0) is 12.3. The standard InChI is InChI=1S/C10H19N5O2/c1-8(11-2)9-12-13-14-15(9)6-10(16-3)4-5-17-7-10/h8,11H,4-7H2,1-3H3. The second kappa shape index (κ2) is 5.07. The first-order valence-corrected chi connectivity index (χ1v) is 5.77. The average Bonchev–Trinajstić information content (AvgIpc) is 2.98. The second-order valence-corrected chi connectivity index (χ2v) is 4.39. The van der Waals surface area contributed by atoms with E-state index in [-0.39, 0.29) is 11.6 Å². The zero-order valence-corrected chi connectivity index (χ0v) is 10.5. The van der Waals surface area contributed by atoms with E-state index in [0.29, 0.717) is 13.2 Å². The SMILES string of the molecule is CNC(C)c1nnnn1CC1(OC)CCOC1. The largest absolute Gasteiger partial charge is 0.378 e. The molecule has 1 saturated heterocycles. The van der Waals surface area contributed by atoms with E-state index in [1.807, 2.05) is 14.0 Å². The van der Waals surface area contributed by atoms with E-state index in [4.69, 9.17) is 9.47 Å². The van der Waals surface area contributed by atoms with E-state index in [0.717, 1.165) is 18.9 Å². The third kappa shape index (κ3) is 2.46. The number of hydrogen-bond donors (Lipinski definition) is 1. The van der Waals surface area contributed by atoms with Gasteiger partial charge in [-0.1, -0.05) is 0 Å². The molecule has 2 rings (SSSR count). The first-order chi connectivity index (χ1) is 8.21. The van der Waals surface area contributed by atoms with Gasteiger partial charge in [0.05, 0.1) is 19.2 Å². The number of rotatable bonds is 5. The van der Waals surface area contributed by atoms with E-state index in [1.165, 1.54) is 0 Å². The lowest BCUT2D eigenvalue weighted by Crippen LogP contribution is -2.38. The summed E-state index contributed by atoms with van der Waals surface area (Å²) in [6, 6.07) is 0.112. The Balaban J connectivity index is 2.15. The highest BCUT2D eigenvalue weighted by molar-refractivity contribution is 4.93. The van der Waals surface area contributed by atoms with Crippen LogP contribution in [0.3, 0.4) is 0 Å². The minimum Gasteiger partial charge on any atom is -0.378 e. The maximum absolute atomic E-state index is 5.58. The van der Waals surface area contributed by atoms with Crippen LogP contribution in [0.2, 0.25) is 0 Å². The van der Waals surface area contributed by atoms with Gasteiger partial charge in [-0.3, -0.25) is 0 Å². The predicted molar refractivity (Wildman–Crippen MR) is 60.5 cm³/mol. The van der Waals surface area contributed by atoms with Crippen LogP contribution in [0.1, 0.15) is 25.2 Å². The Bertz CT molecular complexity index is 361. The Hall–Kier alpha value is -1.05. The first-order valence-electron chi connectivity index (χ1n) is 5.77. The average molecular weight is 241 g/mol. The van der Waals surface area contributed by atoms with Crippen LogP contribution in [0.4, 0.5) is 0 Å². The Morgan fingerprint density at radius 2 is 2.47 bits per heavy atom. The number of tetrazole rings is 1. The maximum atomic E-state index is 5.58. The van der Waals surface area contributed by atoms with Crippen molar-refractivity contribution in [2.24, 2.45) is 0 Å². The van der Waals surface area contributed by atoms with E-state index >= 15 is 0 Å². The summed E-state index contributed by atoms with van der Waals surface area (Å²) in [6.07, 6.45) is 0.872. The van der Waals surface area contributed by atoms with Gasteiger partial charge in [-0.25, -0.2) is 4.68 Å². The molecule has 7 nitrogen and oxygen atoms in total. The molecule has 0 amide bonds. The van der Waals surface area contributed by atoms with Crippen molar-refractivity contribution in [2.45, 2.75) is 31.5 Å². The topological polar surface area (TPSA) is 74.1 Å². The third-order valence-corrected chi connectivity index (χ3v) is 3.32. The highest BCUT2D eigenvalue weighted by Gasteiger charge is 2.36. The Morgan fingerprint density at radius 1 is 1.65 bits per heavy atom. The van der Waals surface area contributed by atoms with Crippen LogP contribution in [0.25, 0.3) is 0 Å². The molecule has 1 N–H and O–H groups in total. The summed E-state index contributed by atoms with van der Waals surface area (Å²) in [6.45, 7) is 3.97. The highest BCUT2D eigenvalue weighted by Crippen LogP contribution is 2.25. The Kier molecular flexibility index (Phi) is 3.70. The number of hydrogen-bond acceptors (Lipinski definition) is 6. The molecule has 2 unspecified atom stereocenters. The van der Waals surface area contributed by atoms with Crippen LogP contribution in [0.5, 0.6) is 0 Å². The number of nitrogens with zero attached hydrogens (tertiary/aromatic N) is 4. The van der Waals surface area contributed by atoms with Gasteiger partial charge in [0.15, 0.2) is 5.82 Å². The van der Waals surface area contributed by atoms with Crippen LogP contribution in [0, 0.1) is 0 Å². The van der Waals surface area contributed by atoms with Crippen molar-refractivity contribution < 1.29 is 9.47 Å². The smallest absolute Gasteiger partial charge is 0.168 e. The van der Waals surface area contributed by atoms with Crippen molar-refractivity contribution in [1.82, 2.24) is 25.5 Å². The summed E-state index contributed by atoms with van der Waals surface area (Å²) in [5.41, 5.74) is -0.294. The van der Waals surface area contributed by atoms with Gasteiger partial charge >= 0.3 is 0 Å². The molecule has 2 heterocycles. The molecule has 0 bridgehead atoms. The minimum absolute atomic E-state index is 0.112. The molecule has 0 radical (unpaired) electrons. The van der Waals surface area contributed by atoms with Crippen molar-refractivity contribution in [3.05, 3.63) is 5.82 Å². The zero-order valence-electron chi connectivity index (χ0n) is 10.5. The van der Waals surface area contributed by atoms with Crippen molar-refractivity contribution in [3.8, 4) is 0 Å². The molecule has 96 valence electrons. The van der Waals surface area contributed by atoms with Crippen LogP contribution < -0.4 is 5.32 Å². The fraction of sp³-hybridized carbons (Fsp3) is 0.900. The molecule has 0 spiro atoms. The summed E-state index contributed by atoms with van der Waals surface area (Å²) in [5, 5.41) is 14.9. The van der Waals surface area contributed by atoms with Gasteiger partial charge < -0.3 is 14.8 Å². The third-order valence-electron chi connectivity index (χ3n) is 3.32. The second-order valence-electron chi connectivity index (χ2n) is 4.39. The number of aromatic nitrogens is 4. The van der Waals surface area contributed by atoms with Crippen molar-refractivity contribution in [2.75, 3.05) is 27.4 Å². The number of methoxy groups -OCH3 is 1. The van der Waals surface area contributed by atoms with Gasteiger partial charge in [0.1, 0.15) is 5.60 Å². The lowest BCUT2D eigenvalue weighted by Gasteiger charge is -2.26. The monoisotopic (exact) mass is 241 g/mol. The van der Waals surface area contributed by atoms with Crippen molar-refractivity contribution in [1.29, 1.82) is 0 Å². The van der Waals surface area contributed by atoms with E-state index < -0.39 is 0 Å². The summed E-state index contributed by atoms with van der Waals surface area (Å²) in [5.74, 6) is 0.816. The fourth-order valence-electron chi connectivity index (χ4n) is 1.98.